The predicted molar refractivity (Wildman–Crippen MR) is 107 cm³/mol. The summed E-state index contributed by atoms with van der Waals surface area (Å²) in [7, 11) is 1.35. The lowest BCUT2D eigenvalue weighted by Gasteiger charge is -2.55. The third-order valence-corrected chi connectivity index (χ3v) is 5.82. The van der Waals surface area contributed by atoms with E-state index in [1.54, 1.807) is 6.92 Å². The molecule has 2 aliphatic heterocycles. The maximum Gasteiger partial charge on any atom is 0.338 e. The second-order valence-corrected chi connectivity index (χ2v) is 8.43. The van der Waals surface area contributed by atoms with Crippen molar-refractivity contribution < 1.29 is 47.7 Å². The zero-order valence-electron chi connectivity index (χ0n) is 19.1. The van der Waals surface area contributed by atoms with E-state index in [9.17, 15) is 24.0 Å². The molecular formula is C20H27N3O10. The summed E-state index contributed by atoms with van der Waals surface area (Å²) in [6.07, 6.45) is -4.92. The largest absolute Gasteiger partial charge is 0.456 e. The number of aliphatic imine (C=N–C) groups is 1. The average Bonchev–Trinajstić information content (AvgIpc) is 2.98. The summed E-state index contributed by atoms with van der Waals surface area (Å²) < 4.78 is 28.0. The molecule has 0 aromatic heterocycles. The summed E-state index contributed by atoms with van der Waals surface area (Å²) in [6.45, 7) is 6.32. The second-order valence-electron chi connectivity index (χ2n) is 8.43. The summed E-state index contributed by atoms with van der Waals surface area (Å²) in [5, 5.41) is 4.81. The molecule has 13 nitrogen and oxygen atoms in total. The van der Waals surface area contributed by atoms with Gasteiger partial charge >= 0.3 is 17.9 Å². The van der Waals surface area contributed by atoms with Gasteiger partial charge in [0.1, 0.15) is 5.54 Å². The standard InChI is InChI=1S/C20H27N3O10/c1-8(24)21-18(22-9(2)25)23-20-12-7-19(5,33-11(4)27)13(14(20)30-10(3)26)31-16(28)15(20)32-17(12)29-6/h12-15,17H,7H2,1-6H3,(H2,21,22,23,24,25)/t12-,13-,14+,15-,17-,19+,20+/m1/s1. The normalized spacial score (nSPS) is 36.2. The van der Waals surface area contributed by atoms with Gasteiger partial charge < -0.3 is 23.7 Å². The number of carbonyl (C=O) groups excluding carboxylic acids is 5. The molecule has 2 N–H and O–H groups in total. The average molecular weight is 469 g/mol. The number of rotatable bonds is 4. The molecule has 2 amide bonds. The van der Waals surface area contributed by atoms with Gasteiger partial charge in [-0.3, -0.25) is 29.8 Å². The number of nitrogens with one attached hydrogen (secondary N) is 2. The van der Waals surface area contributed by atoms with Gasteiger partial charge in [-0.05, 0) is 6.92 Å². The van der Waals surface area contributed by atoms with Crippen LogP contribution in [0.15, 0.2) is 4.99 Å². The van der Waals surface area contributed by atoms with E-state index in [0.717, 1.165) is 6.92 Å². The molecule has 182 valence electrons. The van der Waals surface area contributed by atoms with Crippen molar-refractivity contribution in [1.82, 2.24) is 10.6 Å². The minimum absolute atomic E-state index is 0.0498. The Morgan fingerprint density at radius 3 is 2.15 bits per heavy atom. The zero-order valence-corrected chi connectivity index (χ0v) is 19.1. The Bertz CT molecular complexity index is 902. The van der Waals surface area contributed by atoms with Crippen LogP contribution in [0.5, 0.6) is 0 Å². The summed E-state index contributed by atoms with van der Waals surface area (Å²) in [5.41, 5.74) is -3.07. The minimum atomic E-state index is -1.66. The van der Waals surface area contributed by atoms with E-state index in [0.29, 0.717) is 0 Å². The SMILES string of the molecule is CO[C@@H]1O[C@@H]2C(=O)O[C@@H]3[C@H](OC(C)=O)[C@@]2(N=C(NC(C)=O)NC(C)=O)[C@@H]1C[C@]3(C)OC(C)=O. The van der Waals surface area contributed by atoms with Crippen LogP contribution in [0.4, 0.5) is 0 Å². The smallest absolute Gasteiger partial charge is 0.338 e. The molecule has 13 heteroatoms. The first-order chi connectivity index (χ1) is 15.3. The summed E-state index contributed by atoms with van der Waals surface area (Å²) >= 11 is 0. The number of nitrogens with zero attached hydrogens (tertiary/aromatic N) is 1. The van der Waals surface area contributed by atoms with Crippen LogP contribution in [-0.4, -0.2) is 78.5 Å². The number of methoxy groups -OCH3 is 1. The topological polar surface area (TPSA) is 168 Å². The lowest BCUT2D eigenvalue weighted by Crippen LogP contribution is -2.75. The Kier molecular flexibility index (Phi) is 6.48. The van der Waals surface area contributed by atoms with E-state index < -0.39 is 71.4 Å². The molecule has 3 rings (SSSR count). The minimum Gasteiger partial charge on any atom is -0.456 e. The van der Waals surface area contributed by atoms with Gasteiger partial charge in [0.05, 0.1) is 0 Å². The first-order valence-electron chi connectivity index (χ1n) is 10.2. The van der Waals surface area contributed by atoms with Gasteiger partial charge in [-0.1, -0.05) is 0 Å². The fourth-order valence-corrected chi connectivity index (χ4v) is 4.91. The highest BCUT2D eigenvalue weighted by Gasteiger charge is 2.77. The van der Waals surface area contributed by atoms with Gasteiger partial charge in [-0.15, -0.1) is 0 Å². The van der Waals surface area contributed by atoms with Gasteiger partial charge in [0.25, 0.3) is 0 Å². The van der Waals surface area contributed by atoms with Gasteiger partial charge in [0.15, 0.2) is 30.2 Å². The van der Waals surface area contributed by atoms with Gasteiger partial charge in [0.2, 0.25) is 17.8 Å². The highest BCUT2D eigenvalue weighted by Crippen LogP contribution is 2.57. The Morgan fingerprint density at radius 2 is 1.67 bits per heavy atom. The van der Waals surface area contributed by atoms with E-state index >= 15 is 0 Å². The van der Waals surface area contributed by atoms with Crippen LogP contribution in [0.3, 0.4) is 0 Å². The van der Waals surface area contributed by atoms with Crippen LogP contribution >= 0.6 is 0 Å². The van der Waals surface area contributed by atoms with Crippen LogP contribution in [-0.2, 0) is 47.7 Å². The van der Waals surface area contributed by atoms with Crippen LogP contribution in [0, 0.1) is 5.92 Å². The first-order valence-corrected chi connectivity index (χ1v) is 10.2. The number of ether oxygens (including phenoxy) is 5. The molecule has 1 saturated carbocycles. The summed E-state index contributed by atoms with van der Waals surface area (Å²) in [6, 6.07) is 0. The summed E-state index contributed by atoms with van der Waals surface area (Å²) in [4.78, 5) is 65.1. The molecule has 2 saturated heterocycles. The molecule has 1 aliphatic carbocycles. The Labute approximate surface area is 189 Å². The Morgan fingerprint density at radius 1 is 1.06 bits per heavy atom. The quantitative estimate of drug-likeness (QED) is 0.224. The molecule has 2 heterocycles. The number of fused-ring (bicyclic) bond motifs is 1. The van der Waals surface area contributed by atoms with E-state index in [1.165, 1.54) is 27.9 Å². The molecule has 0 unspecified atom stereocenters. The van der Waals surface area contributed by atoms with Crippen molar-refractivity contribution in [1.29, 1.82) is 0 Å². The molecule has 2 bridgehead atoms. The predicted octanol–water partition coefficient (Wildman–Crippen LogP) is -1.08. The number of hydrogen-bond donors (Lipinski definition) is 2. The molecule has 0 spiro atoms. The number of guanidine groups is 1. The van der Waals surface area contributed by atoms with E-state index in [2.05, 4.69) is 15.6 Å². The van der Waals surface area contributed by atoms with E-state index in [1.807, 2.05) is 0 Å². The van der Waals surface area contributed by atoms with Crippen molar-refractivity contribution in [3.8, 4) is 0 Å². The van der Waals surface area contributed by atoms with Crippen molar-refractivity contribution >= 4 is 35.7 Å². The van der Waals surface area contributed by atoms with Crippen LogP contribution in [0.2, 0.25) is 0 Å². The first kappa shape index (κ1) is 24.6. The van der Waals surface area contributed by atoms with Gasteiger partial charge in [-0.25, -0.2) is 9.79 Å². The fourth-order valence-electron chi connectivity index (χ4n) is 4.91. The highest BCUT2D eigenvalue weighted by atomic mass is 16.7. The highest BCUT2D eigenvalue weighted by molar-refractivity contribution is 6.03. The third-order valence-electron chi connectivity index (χ3n) is 5.82. The molecule has 3 aliphatic rings. The van der Waals surface area contributed by atoms with Crippen molar-refractivity contribution in [3.63, 3.8) is 0 Å². The Hall–Kier alpha value is -3.06. The van der Waals surface area contributed by atoms with E-state index in [-0.39, 0.29) is 12.4 Å². The Balaban J connectivity index is 2.27. The maximum atomic E-state index is 13.0. The molecule has 0 aromatic carbocycles. The monoisotopic (exact) mass is 469 g/mol. The fraction of sp³-hybridized carbons (Fsp3) is 0.700. The van der Waals surface area contributed by atoms with E-state index in [4.69, 9.17) is 23.7 Å². The molecule has 7 atom stereocenters. The van der Waals surface area contributed by atoms with Crippen LogP contribution in [0.25, 0.3) is 0 Å². The van der Waals surface area contributed by atoms with Crippen molar-refractivity contribution in [2.75, 3.05) is 7.11 Å². The number of carbonyl (C=O) groups is 5. The molecule has 0 aromatic rings. The maximum absolute atomic E-state index is 13.0. The van der Waals surface area contributed by atoms with Crippen molar-refractivity contribution in [3.05, 3.63) is 0 Å². The van der Waals surface area contributed by atoms with Gasteiger partial charge in [0, 0.05) is 47.1 Å². The molecule has 33 heavy (non-hydrogen) atoms. The number of amides is 2. The third kappa shape index (κ3) is 4.29. The van der Waals surface area contributed by atoms with Crippen LogP contribution in [0.1, 0.15) is 41.0 Å². The van der Waals surface area contributed by atoms with Crippen molar-refractivity contribution in [2.45, 2.75) is 76.8 Å². The lowest BCUT2D eigenvalue weighted by molar-refractivity contribution is -0.248. The molecule has 3 fully saturated rings. The lowest BCUT2D eigenvalue weighted by atomic mass is 9.61. The number of esters is 3. The van der Waals surface area contributed by atoms with Crippen LogP contribution < -0.4 is 10.6 Å². The number of hydrogen-bond acceptors (Lipinski definition) is 11. The molecule has 0 radical (unpaired) electrons. The summed E-state index contributed by atoms with van der Waals surface area (Å²) in [5.74, 6) is -4.37. The molecular weight excluding hydrogens is 442 g/mol. The van der Waals surface area contributed by atoms with Crippen molar-refractivity contribution in [2.24, 2.45) is 10.9 Å². The van der Waals surface area contributed by atoms with Gasteiger partial charge in [-0.2, -0.15) is 0 Å². The second kappa shape index (κ2) is 8.71. The zero-order chi connectivity index (χ0) is 24.7.